The fourth-order valence-corrected chi connectivity index (χ4v) is 2.22. The van der Waals surface area contributed by atoms with Gasteiger partial charge in [0.1, 0.15) is 5.52 Å². The quantitative estimate of drug-likeness (QED) is 0.803. The van der Waals surface area contributed by atoms with E-state index in [1.54, 1.807) is 0 Å². The number of hydrogen-bond donors (Lipinski definition) is 1. The van der Waals surface area contributed by atoms with Crippen LogP contribution in [0.25, 0.3) is 11.0 Å². The van der Waals surface area contributed by atoms with Crippen LogP contribution in [0.2, 0.25) is 0 Å². The number of fused-ring (bicyclic) bond motifs is 1. The highest BCUT2D eigenvalue weighted by atomic mass is 79.9. The van der Waals surface area contributed by atoms with E-state index in [0.29, 0.717) is 0 Å². The van der Waals surface area contributed by atoms with E-state index in [2.05, 4.69) is 31.6 Å². The summed E-state index contributed by atoms with van der Waals surface area (Å²) in [4.78, 5) is 0. The van der Waals surface area contributed by atoms with Crippen LogP contribution in [-0.4, -0.2) is 21.5 Å². The first-order valence-electron chi connectivity index (χ1n) is 6.10. The molecule has 0 aliphatic carbocycles. The van der Waals surface area contributed by atoms with Crippen molar-refractivity contribution in [3.05, 3.63) is 53.0 Å². The van der Waals surface area contributed by atoms with Gasteiger partial charge in [0.25, 0.3) is 0 Å². The monoisotopic (exact) mass is 316 g/mol. The highest BCUT2D eigenvalue weighted by molar-refractivity contribution is 9.10. The van der Waals surface area contributed by atoms with E-state index in [-0.39, 0.29) is 0 Å². The van der Waals surface area contributed by atoms with Gasteiger partial charge in [-0.3, -0.25) is 0 Å². The van der Waals surface area contributed by atoms with Crippen molar-refractivity contribution >= 4 is 32.7 Å². The Hall–Kier alpha value is -1.88. The Morgan fingerprint density at radius 3 is 2.68 bits per heavy atom. The van der Waals surface area contributed by atoms with E-state index in [4.69, 9.17) is 0 Å². The van der Waals surface area contributed by atoms with Crippen LogP contribution in [0.1, 0.15) is 0 Å². The first kappa shape index (κ1) is 12.2. The molecule has 0 bridgehead atoms. The van der Waals surface area contributed by atoms with Gasteiger partial charge in [0.15, 0.2) is 0 Å². The minimum atomic E-state index is 0.788. The van der Waals surface area contributed by atoms with Crippen LogP contribution in [0, 0.1) is 0 Å². The van der Waals surface area contributed by atoms with Crippen LogP contribution < -0.4 is 5.32 Å². The van der Waals surface area contributed by atoms with Gasteiger partial charge in [-0.1, -0.05) is 33.3 Å². The first-order chi connectivity index (χ1) is 9.33. The molecule has 1 N–H and O–H groups in total. The van der Waals surface area contributed by atoms with Gasteiger partial charge in [0.05, 0.1) is 12.1 Å². The molecule has 0 radical (unpaired) electrons. The van der Waals surface area contributed by atoms with Gasteiger partial charge < -0.3 is 5.32 Å². The molecule has 1 heterocycles. The largest absolute Gasteiger partial charge is 0.383 e. The van der Waals surface area contributed by atoms with E-state index in [1.807, 2.05) is 53.2 Å². The molecule has 96 valence electrons. The maximum absolute atomic E-state index is 4.16. The SMILES string of the molecule is Brc1ccc(NCCn2nnc3ccccc32)cc1. The third-order valence-electron chi connectivity index (χ3n) is 2.92. The third kappa shape index (κ3) is 2.76. The average Bonchev–Trinajstić information content (AvgIpc) is 2.85. The number of nitrogens with one attached hydrogen (secondary N) is 1. The van der Waals surface area contributed by atoms with Crippen LogP contribution in [0.3, 0.4) is 0 Å². The molecule has 2 aromatic carbocycles. The van der Waals surface area contributed by atoms with Crippen molar-refractivity contribution in [2.75, 3.05) is 11.9 Å². The standard InChI is InChI=1S/C14H13BrN4/c15-11-5-7-12(8-6-11)16-9-10-19-14-4-2-1-3-13(14)17-18-19/h1-8,16H,9-10H2. The Balaban J connectivity index is 1.65. The molecule has 3 aromatic rings. The first-order valence-corrected chi connectivity index (χ1v) is 6.90. The van der Waals surface area contributed by atoms with Crippen molar-refractivity contribution in [2.45, 2.75) is 6.54 Å². The number of rotatable bonds is 4. The molecule has 5 heteroatoms. The van der Waals surface area contributed by atoms with Crippen LogP contribution >= 0.6 is 15.9 Å². The van der Waals surface area contributed by atoms with E-state index >= 15 is 0 Å². The van der Waals surface area contributed by atoms with Gasteiger partial charge in [-0.2, -0.15) is 0 Å². The number of hydrogen-bond acceptors (Lipinski definition) is 3. The molecule has 0 saturated carbocycles. The summed E-state index contributed by atoms with van der Waals surface area (Å²) in [5.41, 5.74) is 3.11. The zero-order valence-electron chi connectivity index (χ0n) is 10.3. The summed E-state index contributed by atoms with van der Waals surface area (Å²) in [6.45, 7) is 1.60. The van der Waals surface area contributed by atoms with Crippen molar-refractivity contribution in [1.29, 1.82) is 0 Å². The van der Waals surface area contributed by atoms with E-state index < -0.39 is 0 Å². The van der Waals surface area contributed by atoms with E-state index in [9.17, 15) is 0 Å². The fourth-order valence-electron chi connectivity index (χ4n) is 1.96. The van der Waals surface area contributed by atoms with Gasteiger partial charge in [0.2, 0.25) is 0 Å². The van der Waals surface area contributed by atoms with Gasteiger partial charge in [-0.25, -0.2) is 4.68 Å². The predicted molar refractivity (Wildman–Crippen MR) is 80.2 cm³/mol. The Kier molecular flexibility index (Phi) is 3.46. The molecule has 19 heavy (non-hydrogen) atoms. The van der Waals surface area contributed by atoms with Crippen LogP contribution in [0.5, 0.6) is 0 Å². The zero-order chi connectivity index (χ0) is 13.1. The molecule has 4 nitrogen and oxygen atoms in total. The molecule has 0 fully saturated rings. The summed E-state index contributed by atoms with van der Waals surface area (Å²) in [6, 6.07) is 16.1. The third-order valence-corrected chi connectivity index (χ3v) is 3.45. The Morgan fingerprint density at radius 2 is 1.84 bits per heavy atom. The van der Waals surface area contributed by atoms with Crippen LogP contribution in [0.4, 0.5) is 5.69 Å². The molecule has 0 spiro atoms. The highest BCUT2D eigenvalue weighted by Crippen LogP contribution is 2.14. The second-order valence-electron chi connectivity index (χ2n) is 4.23. The lowest BCUT2D eigenvalue weighted by molar-refractivity contribution is 0.627. The Morgan fingerprint density at radius 1 is 1.05 bits per heavy atom. The number of para-hydroxylation sites is 1. The number of aromatic nitrogens is 3. The molecule has 0 saturated heterocycles. The summed E-state index contributed by atoms with van der Waals surface area (Å²) >= 11 is 3.42. The number of nitrogens with zero attached hydrogens (tertiary/aromatic N) is 3. The highest BCUT2D eigenvalue weighted by Gasteiger charge is 2.02. The molecule has 0 aliphatic rings. The second kappa shape index (κ2) is 5.40. The van der Waals surface area contributed by atoms with Crippen LogP contribution in [0.15, 0.2) is 53.0 Å². The summed E-state index contributed by atoms with van der Waals surface area (Å²) < 4.78 is 3.00. The number of halogens is 1. The normalized spacial score (nSPS) is 10.8. The lowest BCUT2D eigenvalue weighted by Gasteiger charge is -2.06. The summed E-state index contributed by atoms with van der Waals surface area (Å²) in [6.07, 6.45) is 0. The summed E-state index contributed by atoms with van der Waals surface area (Å²) in [7, 11) is 0. The molecule has 0 aliphatic heterocycles. The average molecular weight is 317 g/mol. The summed E-state index contributed by atoms with van der Waals surface area (Å²) in [5.74, 6) is 0. The number of anilines is 1. The van der Waals surface area contributed by atoms with Gasteiger partial charge in [0, 0.05) is 16.7 Å². The molecule has 0 amide bonds. The van der Waals surface area contributed by atoms with Crippen molar-refractivity contribution < 1.29 is 0 Å². The minimum absolute atomic E-state index is 0.788. The van der Waals surface area contributed by atoms with Crippen molar-refractivity contribution in [1.82, 2.24) is 15.0 Å². The smallest absolute Gasteiger partial charge is 0.113 e. The maximum atomic E-state index is 4.16. The lowest BCUT2D eigenvalue weighted by Crippen LogP contribution is -2.11. The second-order valence-corrected chi connectivity index (χ2v) is 5.15. The summed E-state index contributed by atoms with van der Waals surface area (Å²) in [5, 5.41) is 11.7. The molecular weight excluding hydrogens is 304 g/mol. The molecule has 3 rings (SSSR count). The molecular formula is C14H13BrN4. The zero-order valence-corrected chi connectivity index (χ0v) is 11.8. The topological polar surface area (TPSA) is 42.7 Å². The molecule has 0 unspecified atom stereocenters. The predicted octanol–water partition coefficient (Wildman–Crippen LogP) is 3.31. The number of benzene rings is 2. The van der Waals surface area contributed by atoms with E-state index in [1.165, 1.54) is 0 Å². The van der Waals surface area contributed by atoms with Crippen LogP contribution in [-0.2, 0) is 6.54 Å². The fraction of sp³-hybridized carbons (Fsp3) is 0.143. The van der Waals surface area contributed by atoms with Gasteiger partial charge in [-0.05, 0) is 36.4 Å². The lowest BCUT2D eigenvalue weighted by atomic mass is 10.3. The molecule has 1 aromatic heterocycles. The van der Waals surface area contributed by atoms with Gasteiger partial charge >= 0.3 is 0 Å². The Labute approximate surface area is 119 Å². The van der Waals surface area contributed by atoms with Crippen molar-refractivity contribution in [3.8, 4) is 0 Å². The minimum Gasteiger partial charge on any atom is -0.383 e. The maximum Gasteiger partial charge on any atom is 0.113 e. The Bertz CT molecular complexity index is 675. The molecule has 0 atom stereocenters. The van der Waals surface area contributed by atoms with Crippen molar-refractivity contribution in [3.63, 3.8) is 0 Å². The van der Waals surface area contributed by atoms with Gasteiger partial charge in [-0.15, -0.1) is 5.10 Å². The van der Waals surface area contributed by atoms with E-state index in [0.717, 1.165) is 34.3 Å². The van der Waals surface area contributed by atoms with Crippen molar-refractivity contribution in [2.24, 2.45) is 0 Å².